The molecule has 1 fully saturated rings. The fraction of sp³-hybridized carbons (Fsp3) is 0.280. The van der Waals surface area contributed by atoms with E-state index in [4.69, 9.17) is 20.7 Å². The maximum atomic E-state index is 13.5. The molecule has 4 rings (SSSR count). The highest BCUT2D eigenvalue weighted by molar-refractivity contribution is 6.06. The number of carbonyl (C=O) groups is 1. The summed E-state index contributed by atoms with van der Waals surface area (Å²) in [5.74, 6) is 0.243. The van der Waals surface area contributed by atoms with Crippen molar-refractivity contribution in [1.29, 1.82) is 10.8 Å². The molecule has 170 valence electrons. The lowest BCUT2D eigenvalue weighted by Crippen LogP contribution is -2.42. The third kappa shape index (κ3) is 5.11. The third-order valence-electron chi connectivity index (χ3n) is 5.70. The van der Waals surface area contributed by atoms with Crippen molar-refractivity contribution in [1.82, 2.24) is 9.78 Å². The normalized spacial score (nSPS) is 14.0. The average Bonchev–Trinajstić information content (AvgIpc) is 3.29. The van der Waals surface area contributed by atoms with Gasteiger partial charge in [-0.3, -0.25) is 20.5 Å². The number of aromatic nitrogens is 2. The largest absolute Gasteiger partial charge is 0.508 e. The van der Waals surface area contributed by atoms with E-state index >= 15 is 0 Å². The summed E-state index contributed by atoms with van der Waals surface area (Å²) in [4.78, 5) is 15.2. The monoisotopic (exact) mass is 445 g/mol. The fourth-order valence-corrected chi connectivity index (χ4v) is 4.16. The number of carbonyl (C=O) groups excluding carboxylic acids is 1. The van der Waals surface area contributed by atoms with E-state index < -0.39 is 0 Å². The first kappa shape index (κ1) is 22.3. The summed E-state index contributed by atoms with van der Waals surface area (Å²) in [5, 5.41) is 30.0. The van der Waals surface area contributed by atoms with Gasteiger partial charge in [-0.25, -0.2) is 4.68 Å². The van der Waals surface area contributed by atoms with Crippen molar-refractivity contribution in [3.8, 4) is 11.4 Å². The summed E-state index contributed by atoms with van der Waals surface area (Å²) < 4.78 is 6.77. The van der Waals surface area contributed by atoms with Crippen LogP contribution in [0, 0.1) is 10.8 Å². The van der Waals surface area contributed by atoms with Crippen LogP contribution in [-0.2, 0) is 4.74 Å². The van der Waals surface area contributed by atoms with Gasteiger partial charge in [0.1, 0.15) is 5.75 Å². The number of phenols is 1. The van der Waals surface area contributed by atoms with Gasteiger partial charge in [0.15, 0.2) is 11.7 Å². The van der Waals surface area contributed by atoms with Crippen molar-refractivity contribution in [2.75, 3.05) is 4.90 Å². The number of ether oxygens (including phenoxy) is 1. The second-order valence-electron chi connectivity index (χ2n) is 8.17. The molecular formula is C25H27N5O3. The van der Waals surface area contributed by atoms with E-state index in [9.17, 15) is 9.90 Å². The van der Waals surface area contributed by atoms with Gasteiger partial charge in [0.25, 0.3) is 5.91 Å². The van der Waals surface area contributed by atoms with Crippen LogP contribution in [-0.4, -0.2) is 38.6 Å². The van der Waals surface area contributed by atoms with Crippen LogP contribution < -0.4 is 4.90 Å². The number of amides is 1. The van der Waals surface area contributed by atoms with Crippen molar-refractivity contribution < 1.29 is 14.6 Å². The Kier molecular flexibility index (Phi) is 6.53. The molecule has 1 aliphatic rings. The molecule has 0 atom stereocenters. The first-order valence-electron chi connectivity index (χ1n) is 11.0. The van der Waals surface area contributed by atoms with Gasteiger partial charge in [0.2, 0.25) is 5.90 Å². The van der Waals surface area contributed by atoms with E-state index in [1.165, 1.54) is 13.0 Å². The molecule has 8 heteroatoms. The number of hydrogen-bond donors (Lipinski definition) is 3. The molecule has 8 nitrogen and oxygen atoms in total. The number of benzene rings is 2. The van der Waals surface area contributed by atoms with Crippen LogP contribution >= 0.6 is 0 Å². The lowest BCUT2D eigenvalue weighted by atomic mass is 9.93. The summed E-state index contributed by atoms with van der Waals surface area (Å²) in [6, 6.07) is 15.4. The zero-order valence-electron chi connectivity index (χ0n) is 18.5. The van der Waals surface area contributed by atoms with E-state index in [0.717, 1.165) is 32.1 Å². The number of aromatic hydroxyl groups is 1. The topological polar surface area (TPSA) is 115 Å². The van der Waals surface area contributed by atoms with Gasteiger partial charge in [-0.2, -0.15) is 0 Å². The Bertz CT molecular complexity index is 1180. The Morgan fingerprint density at radius 2 is 1.79 bits per heavy atom. The first-order chi connectivity index (χ1) is 15.9. The van der Waals surface area contributed by atoms with Crippen LogP contribution in [0.3, 0.4) is 0 Å². The van der Waals surface area contributed by atoms with E-state index in [1.807, 2.05) is 12.1 Å². The molecule has 1 saturated carbocycles. The summed E-state index contributed by atoms with van der Waals surface area (Å²) in [6.45, 7) is 1.47. The minimum absolute atomic E-state index is 0.0421. The predicted molar refractivity (Wildman–Crippen MR) is 127 cm³/mol. The molecule has 0 saturated heterocycles. The minimum atomic E-state index is -0.187. The Morgan fingerprint density at radius 1 is 1.06 bits per heavy atom. The van der Waals surface area contributed by atoms with Crippen LogP contribution in [0.2, 0.25) is 0 Å². The number of nitrogens with one attached hydrogen (secondary N) is 2. The maximum Gasteiger partial charge on any atom is 0.259 e. The molecule has 0 radical (unpaired) electrons. The molecule has 2 aromatic carbocycles. The van der Waals surface area contributed by atoms with Crippen LogP contribution in [0.15, 0.2) is 60.8 Å². The van der Waals surface area contributed by atoms with Gasteiger partial charge in [-0.15, -0.1) is 5.10 Å². The van der Waals surface area contributed by atoms with E-state index in [1.54, 1.807) is 52.2 Å². The van der Waals surface area contributed by atoms with Gasteiger partial charge in [-0.1, -0.05) is 31.4 Å². The molecule has 0 aliphatic heterocycles. The van der Waals surface area contributed by atoms with Gasteiger partial charge in [0.05, 0.1) is 5.69 Å². The first-order valence-corrected chi connectivity index (χ1v) is 11.0. The van der Waals surface area contributed by atoms with Crippen LogP contribution in [0.1, 0.15) is 54.9 Å². The highest BCUT2D eigenvalue weighted by Crippen LogP contribution is 2.29. The summed E-state index contributed by atoms with van der Waals surface area (Å²) in [5.41, 5.74) is 1.66. The SMILES string of the molecule is CC(=N)OC(=N)c1cccc(-n2ccc(N(C(=O)c3cccc(O)c3)C3CCCCC3)n2)c1. The van der Waals surface area contributed by atoms with Crippen LogP contribution in [0.25, 0.3) is 5.69 Å². The molecule has 1 aliphatic carbocycles. The van der Waals surface area contributed by atoms with Crippen LogP contribution in [0.4, 0.5) is 5.82 Å². The second kappa shape index (κ2) is 9.68. The van der Waals surface area contributed by atoms with Gasteiger partial charge < -0.3 is 9.84 Å². The average molecular weight is 446 g/mol. The lowest BCUT2D eigenvalue weighted by Gasteiger charge is -2.33. The lowest BCUT2D eigenvalue weighted by molar-refractivity contribution is 0.0969. The molecule has 0 spiro atoms. The van der Waals surface area contributed by atoms with Crippen molar-refractivity contribution in [3.05, 3.63) is 71.9 Å². The molecule has 3 aromatic rings. The zero-order chi connectivity index (χ0) is 23.4. The van der Waals surface area contributed by atoms with E-state index in [2.05, 4.69) is 0 Å². The number of rotatable bonds is 5. The quantitative estimate of drug-likeness (QED) is 0.383. The Morgan fingerprint density at radius 3 is 2.52 bits per heavy atom. The Balaban J connectivity index is 1.66. The van der Waals surface area contributed by atoms with Crippen molar-refractivity contribution in [3.63, 3.8) is 0 Å². The van der Waals surface area contributed by atoms with Gasteiger partial charge in [0, 0.05) is 36.4 Å². The number of hydrogen-bond acceptors (Lipinski definition) is 6. The van der Waals surface area contributed by atoms with Crippen molar-refractivity contribution in [2.24, 2.45) is 0 Å². The standard InChI is InChI=1S/C25H27N5O3/c1-17(26)33-24(27)18-7-5-11-21(15-18)29-14-13-23(28-29)30(20-9-3-2-4-10-20)25(32)19-8-6-12-22(31)16-19/h5-8,11-16,20,26-27,31H,2-4,9-10H2,1H3. The van der Waals surface area contributed by atoms with Crippen molar-refractivity contribution >= 4 is 23.5 Å². The fourth-order valence-electron chi connectivity index (χ4n) is 4.16. The number of nitrogens with zero attached hydrogens (tertiary/aromatic N) is 3. The summed E-state index contributed by atoms with van der Waals surface area (Å²) >= 11 is 0. The predicted octanol–water partition coefficient (Wildman–Crippen LogP) is 4.90. The van der Waals surface area contributed by atoms with Crippen LogP contribution in [0.5, 0.6) is 5.75 Å². The molecule has 0 bridgehead atoms. The zero-order valence-corrected chi connectivity index (χ0v) is 18.5. The summed E-state index contributed by atoms with van der Waals surface area (Å²) in [6.07, 6.45) is 6.88. The third-order valence-corrected chi connectivity index (χ3v) is 5.70. The van der Waals surface area contributed by atoms with E-state index in [0.29, 0.717) is 22.6 Å². The summed E-state index contributed by atoms with van der Waals surface area (Å²) in [7, 11) is 0. The highest BCUT2D eigenvalue weighted by atomic mass is 16.5. The number of phenolic OH excluding ortho intramolecular Hbond substituents is 1. The molecule has 0 unspecified atom stereocenters. The second-order valence-corrected chi connectivity index (χ2v) is 8.17. The molecule has 3 N–H and O–H groups in total. The minimum Gasteiger partial charge on any atom is -0.508 e. The maximum absolute atomic E-state index is 13.5. The molecule has 1 aromatic heterocycles. The molecule has 33 heavy (non-hydrogen) atoms. The Hall–Kier alpha value is -3.94. The number of anilines is 1. The van der Waals surface area contributed by atoms with Gasteiger partial charge >= 0.3 is 0 Å². The van der Waals surface area contributed by atoms with E-state index in [-0.39, 0.29) is 29.5 Å². The van der Waals surface area contributed by atoms with Crippen molar-refractivity contribution in [2.45, 2.75) is 45.1 Å². The molecular weight excluding hydrogens is 418 g/mol. The highest BCUT2D eigenvalue weighted by Gasteiger charge is 2.29. The Labute approximate surface area is 192 Å². The molecule has 1 heterocycles. The smallest absolute Gasteiger partial charge is 0.259 e. The molecule has 1 amide bonds. The van der Waals surface area contributed by atoms with Gasteiger partial charge in [-0.05, 0) is 49.2 Å².